The number of carbonyl (C=O) groups is 2. The molecule has 0 saturated heterocycles. The minimum Gasteiger partial charge on any atom is -0.490 e. The topological polar surface area (TPSA) is 99.0 Å². The van der Waals surface area contributed by atoms with Crippen molar-refractivity contribution in [1.82, 2.24) is 0 Å². The second-order valence-electron chi connectivity index (χ2n) is 6.39. The van der Waals surface area contributed by atoms with Gasteiger partial charge in [-0.3, -0.25) is 14.9 Å². The molecule has 8 nitrogen and oxygen atoms in total. The quantitative estimate of drug-likeness (QED) is 0.388. The molecule has 0 aliphatic carbocycles. The average Bonchev–Trinajstić information content (AvgIpc) is 3.16. The number of methoxy groups -OCH3 is 2. The molecule has 1 aliphatic heterocycles. The number of hydrogen-bond donors (Lipinski definition) is 0. The number of amides is 1. The van der Waals surface area contributed by atoms with Crippen LogP contribution in [0.2, 0.25) is 0 Å². The third kappa shape index (κ3) is 4.51. The normalized spacial score (nSPS) is 12.4. The van der Waals surface area contributed by atoms with Crippen molar-refractivity contribution in [3.8, 4) is 5.75 Å². The van der Waals surface area contributed by atoms with Crippen molar-refractivity contribution >= 4 is 35.0 Å². The first kappa shape index (κ1) is 20.7. The molecule has 0 unspecified atom stereocenters. The molecule has 0 bridgehead atoms. The van der Waals surface area contributed by atoms with Crippen molar-refractivity contribution in [3.63, 3.8) is 0 Å². The van der Waals surface area contributed by atoms with Gasteiger partial charge in [-0.05, 0) is 41.8 Å². The van der Waals surface area contributed by atoms with Crippen LogP contribution in [0.15, 0.2) is 36.4 Å². The van der Waals surface area contributed by atoms with E-state index in [1.54, 1.807) is 35.2 Å². The van der Waals surface area contributed by atoms with Gasteiger partial charge in [0.25, 0.3) is 0 Å². The number of carbonyl (C=O) groups excluding carboxylic acids is 2. The second kappa shape index (κ2) is 8.95. The standard InChI is InChI=1S/C20H20N2O6S/c1-27-18-6-3-13(9-17(18)22(25)26)11-29-12-19(23)21-8-7-14-10-15(20(24)28-2)4-5-16(14)21/h3-6,9-10H,7-8,11-12H2,1-2H3. The number of benzene rings is 2. The lowest BCUT2D eigenvalue weighted by atomic mass is 10.1. The monoisotopic (exact) mass is 416 g/mol. The molecule has 9 heteroatoms. The molecule has 1 aliphatic rings. The maximum absolute atomic E-state index is 12.6. The van der Waals surface area contributed by atoms with Crippen LogP contribution < -0.4 is 9.64 Å². The van der Waals surface area contributed by atoms with Crippen LogP contribution in [-0.2, 0) is 21.7 Å². The van der Waals surface area contributed by atoms with E-state index in [-0.39, 0.29) is 23.1 Å². The fraction of sp³-hybridized carbons (Fsp3) is 0.300. The highest BCUT2D eigenvalue weighted by Gasteiger charge is 2.25. The maximum Gasteiger partial charge on any atom is 0.337 e. The molecule has 3 rings (SSSR count). The van der Waals surface area contributed by atoms with Crippen LogP contribution in [0, 0.1) is 10.1 Å². The van der Waals surface area contributed by atoms with Crippen LogP contribution in [0.5, 0.6) is 5.75 Å². The Morgan fingerprint density at radius 3 is 2.69 bits per heavy atom. The Bertz CT molecular complexity index is 962. The number of anilines is 1. The first-order valence-electron chi connectivity index (χ1n) is 8.85. The molecule has 0 fully saturated rings. The van der Waals surface area contributed by atoms with Crippen LogP contribution in [-0.4, -0.2) is 43.3 Å². The van der Waals surface area contributed by atoms with Gasteiger partial charge in [-0.25, -0.2) is 4.79 Å². The summed E-state index contributed by atoms with van der Waals surface area (Å²) in [5.74, 6) is 0.487. The van der Waals surface area contributed by atoms with Crippen molar-refractivity contribution in [2.45, 2.75) is 12.2 Å². The smallest absolute Gasteiger partial charge is 0.337 e. The van der Waals surface area contributed by atoms with E-state index in [0.29, 0.717) is 24.3 Å². The Morgan fingerprint density at radius 2 is 2.00 bits per heavy atom. The minimum absolute atomic E-state index is 0.0393. The molecule has 0 spiro atoms. The molecule has 0 aromatic heterocycles. The summed E-state index contributed by atoms with van der Waals surface area (Å²) in [6.07, 6.45) is 0.682. The Hall–Kier alpha value is -3.07. The van der Waals surface area contributed by atoms with Gasteiger partial charge in [-0.1, -0.05) is 6.07 Å². The molecule has 0 atom stereocenters. The highest BCUT2D eigenvalue weighted by atomic mass is 32.2. The summed E-state index contributed by atoms with van der Waals surface area (Å²) < 4.78 is 9.73. The van der Waals surface area contributed by atoms with Crippen molar-refractivity contribution in [2.75, 3.05) is 31.4 Å². The molecule has 152 valence electrons. The number of esters is 1. The Labute approximate surface area is 171 Å². The molecular weight excluding hydrogens is 396 g/mol. The van der Waals surface area contributed by atoms with Crippen LogP contribution >= 0.6 is 11.8 Å². The largest absolute Gasteiger partial charge is 0.490 e. The van der Waals surface area contributed by atoms with E-state index in [4.69, 9.17) is 9.47 Å². The number of hydrogen-bond acceptors (Lipinski definition) is 7. The molecule has 2 aromatic rings. The molecule has 2 aromatic carbocycles. The summed E-state index contributed by atoms with van der Waals surface area (Å²) in [6.45, 7) is 0.563. The van der Waals surface area contributed by atoms with Crippen LogP contribution in [0.25, 0.3) is 0 Å². The first-order chi connectivity index (χ1) is 13.9. The zero-order valence-electron chi connectivity index (χ0n) is 16.0. The van der Waals surface area contributed by atoms with Crippen LogP contribution in [0.4, 0.5) is 11.4 Å². The number of thioether (sulfide) groups is 1. The van der Waals surface area contributed by atoms with Crippen LogP contribution in [0.3, 0.4) is 0 Å². The fourth-order valence-electron chi connectivity index (χ4n) is 3.21. The van der Waals surface area contributed by atoms with Gasteiger partial charge in [0.1, 0.15) is 0 Å². The zero-order valence-corrected chi connectivity index (χ0v) is 16.9. The summed E-state index contributed by atoms with van der Waals surface area (Å²) in [7, 11) is 2.72. The molecular formula is C20H20N2O6S. The second-order valence-corrected chi connectivity index (χ2v) is 7.37. The van der Waals surface area contributed by atoms with E-state index in [9.17, 15) is 19.7 Å². The van der Waals surface area contributed by atoms with Gasteiger partial charge in [0.05, 0.1) is 30.5 Å². The van der Waals surface area contributed by atoms with Gasteiger partial charge in [-0.2, -0.15) is 0 Å². The summed E-state index contributed by atoms with van der Waals surface area (Å²) in [5, 5.41) is 11.1. The lowest BCUT2D eigenvalue weighted by Crippen LogP contribution is -2.30. The number of fused-ring (bicyclic) bond motifs is 1. The van der Waals surface area contributed by atoms with Gasteiger partial charge in [0, 0.05) is 24.1 Å². The summed E-state index contributed by atoms with van der Waals surface area (Å²) in [4.78, 5) is 36.6. The van der Waals surface area contributed by atoms with E-state index in [2.05, 4.69) is 0 Å². The Balaban J connectivity index is 1.61. The first-order valence-corrected chi connectivity index (χ1v) is 10.0. The van der Waals surface area contributed by atoms with E-state index in [0.717, 1.165) is 16.8 Å². The molecule has 29 heavy (non-hydrogen) atoms. The van der Waals surface area contributed by atoms with Crippen LogP contribution in [0.1, 0.15) is 21.5 Å². The number of ether oxygens (including phenoxy) is 2. The van der Waals surface area contributed by atoms with Gasteiger partial charge >= 0.3 is 11.7 Å². The van der Waals surface area contributed by atoms with E-state index >= 15 is 0 Å². The maximum atomic E-state index is 12.6. The molecule has 0 radical (unpaired) electrons. The fourth-order valence-corrected chi connectivity index (χ4v) is 4.06. The minimum atomic E-state index is -0.484. The van der Waals surface area contributed by atoms with Gasteiger partial charge in [0.2, 0.25) is 5.91 Å². The average molecular weight is 416 g/mol. The van der Waals surface area contributed by atoms with Crippen molar-refractivity contribution in [3.05, 3.63) is 63.2 Å². The molecule has 1 amide bonds. The number of nitro groups is 1. The summed E-state index contributed by atoms with van der Waals surface area (Å²) in [5.41, 5.74) is 2.88. The number of rotatable bonds is 7. The Morgan fingerprint density at radius 1 is 1.21 bits per heavy atom. The number of nitrogens with zero attached hydrogens (tertiary/aromatic N) is 2. The zero-order chi connectivity index (χ0) is 21.0. The van der Waals surface area contributed by atoms with E-state index in [1.807, 2.05) is 0 Å². The summed E-state index contributed by atoms with van der Waals surface area (Å²) >= 11 is 1.39. The predicted molar refractivity (Wildman–Crippen MR) is 110 cm³/mol. The lowest BCUT2D eigenvalue weighted by Gasteiger charge is -2.17. The van der Waals surface area contributed by atoms with E-state index in [1.165, 1.54) is 32.0 Å². The molecule has 0 N–H and O–H groups in total. The van der Waals surface area contributed by atoms with Gasteiger partial charge < -0.3 is 14.4 Å². The Kier molecular flexibility index (Phi) is 6.38. The third-order valence-electron chi connectivity index (χ3n) is 4.63. The lowest BCUT2D eigenvalue weighted by molar-refractivity contribution is -0.385. The number of nitro benzene ring substituents is 1. The highest BCUT2D eigenvalue weighted by molar-refractivity contribution is 7.99. The van der Waals surface area contributed by atoms with Gasteiger partial charge in [-0.15, -0.1) is 11.8 Å². The predicted octanol–water partition coefficient (Wildman–Crippen LogP) is 3.21. The highest BCUT2D eigenvalue weighted by Crippen LogP contribution is 2.31. The van der Waals surface area contributed by atoms with Crippen molar-refractivity contribution in [2.24, 2.45) is 0 Å². The molecule has 0 saturated carbocycles. The SMILES string of the molecule is COC(=O)c1ccc2c(c1)CCN2C(=O)CSCc1ccc(OC)c([N+](=O)[O-])c1. The molecule has 1 heterocycles. The van der Waals surface area contributed by atoms with Crippen molar-refractivity contribution in [1.29, 1.82) is 0 Å². The van der Waals surface area contributed by atoms with Gasteiger partial charge in [0.15, 0.2) is 5.75 Å². The summed E-state index contributed by atoms with van der Waals surface area (Å²) in [6, 6.07) is 9.96. The van der Waals surface area contributed by atoms with E-state index < -0.39 is 10.9 Å². The third-order valence-corrected chi connectivity index (χ3v) is 5.62. The van der Waals surface area contributed by atoms with Crippen molar-refractivity contribution < 1.29 is 24.0 Å².